The fourth-order valence-corrected chi connectivity index (χ4v) is 5.03. The Kier molecular flexibility index (Phi) is 5.10. The molecular formula is C23H26N4OS. The van der Waals surface area contributed by atoms with Crippen LogP contribution in [0.25, 0.3) is 0 Å². The number of nitrogens with one attached hydrogen (secondary N) is 1. The summed E-state index contributed by atoms with van der Waals surface area (Å²) in [6.45, 7) is 0.640. The number of aromatic nitrogens is 2. The van der Waals surface area contributed by atoms with Crippen molar-refractivity contribution in [2.75, 3.05) is 0 Å². The average molecular weight is 407 g/mol. The quantitative estimate of drug-likeness (QED) is 0.594. The van der Waals surface area contributed by atoms with Gasteiger partial charge in [0.05, 0.1) is 30.6 Å². The fourth-order valence-electron chi connectivity index (χ4n) is 4.72. The summed E-state index contributed by atoms with van der Waals surface area (Å²) in [6, 6.07) is 12.9. The lowest BCUT2D eigenvalue weighted by Crippen LogP contribution is -2.28. The van der Waals surface area contributed by atoms with Crippen LogP contribution in [0.4, 0.5) is 0 Å². The van der Waals surface area contributed by atoms with Crippen LogP contribution in [0.1, 0.15) is 67.2 Å². The highest BCUT2D eigenvalue weighted by Crippen LogP contribution is 2.40. The van der Waals surface area contributed by atoms with Gasteiger partial charge in [0.1, 0.15) is 5.76 Å². The van der Waals surface area contributed by atoms with E-state index >= 15 is 0 Å². The highest BCUT2D eigenvalue weighted by Gasteiger charge is 2.40. The molecule has 0 bridgehead atoms. The Morgan fingerprint density at radius 2 is 2.00 bits per heavy atom. The summed E-state index contributed by atoms with van der Waals surface area (Å²) in [5.74, 6) is 0.910. The van der Waals surface area contributed by atoms with Gasteiger partial charge in [-0.3, -0.25) is 4.98 Å². The number of thiocarbonyl (C=S) groups is 1. The number of hydrogen-bond donors (Lipinski definition) is 1. The van der Waals surface area contributed by atoms with Crippen LogP contribution in [-0.2, 0) is 6.54 Å². The topological polar surface area (TPSA) is 46.2 Å². The highest BCUT2D eigenvalue weighted by molar-refractivity contribution is 7.80. The van der Waals surface area contributed by atoms with Crippen LogP contribution in [0.5, 0.6) is 0 Å². The van der Waals surface area contributed by atoms with Gasteiger partial charge in [-0.2, -0.15) is 0 Å². The first-order chi connectivity index (χ1) is 14.3. The standard InChI is InChI=1S/C23H26N4OS/c29-23-25-21(20-10-4-5-12-24-20)22(27(23)16-19-9-6-14-28-19)17-11-13-26(15-17)18-7-2-1-3-8-18/h4-6,9-15,18,21-22H,1-3,7-8,16H2,(H,25,29)/t21-,22-/m0/s1. The minimum absolute atomic E-state index is 0.0147. The van der Waals surface area contributed by atoms with E-state index in [-0.39, 0.29) is 12.1 Å². The molecule has 1 aliphatic carbocycles. The van der Waals surface area contributed by atoms with Gasteiger partial charge in [0.2, 0.25) is 0 Å². The molecule has 4 heterocycles. The molecule has 0 amide bonds. The molecule has 2 aliphatic rings. The molecule has 3 aromatic heterocycles. The van der Waals surface area contributed by atoms with Crippen LogP contribution in [-0.4, -0.2) is 19.6 Å². The normalized spacial score (nSPS) is 22.8. The lowest BCUT2D eigenvalue weighted by molar-refractivity contribution is 0.286. The molecule has 1 aliphatic heterocycles. The highest BCUT2D eigenvalue weighted by atomic mass is 32.1. The molecule has 2 atom stereocenters. The largest absolute Gasteiger partial charge is 0.467 e. The minimum Gasteiger partial charge on any atom is -0.467 e. The summed E-state index contributed by atoms with van der Waals surface area (Å²) in [5.41, 5.74) is 2.28. The third kappa shape index (κ3) is 3.69. The van der Waals surface area contributed by atoms with Crippen molar-refractivity contribution in [3.63, 3.8) is 0 Å². The van der Waals surface area contributed by atoms with Gasteiger partial charge < -0.3 is 19.2 Å². The molecule has 5 rings (SSSR count). The van der Waals surface area contributed by atoms with Crippen molar-refractivity contribution in [3.05, 3.63) is 78.3 Å². The van der Waals surface area contributed by atoms with Gasteiger partial charge in [0.15, 0.2) is 5.11 Å². The van der Waals surface area contributed by atoms with E-state index < -0.39 is 0 Å². The maximum atomic E-state index is 5.74. The van der Waals surface area contributed by atoms with Crippen LogP contribution in [0.3, 0.4) is 0 Å². The monoisotopic (exact) mass is 406 g/mol. The molecule has 3 aromatic rings. The molecule has 0 radical (unpaired) electrons. The van der Waals surface area contributed by atoms with Gasteiger partial charge >= 0.3 is 0 Å². The Bertz CT molecular complexity index is 946. The molecule has 0 aromatic carbocycles. The zero-order valence-corrected chi connectivity index (χ0v) is 17.2. The van der Waals surface area contributed by atoms with Crippen LogP contribution >= 0.6 is 12.2 Å². The van der Waals surface area contributed by atoms with Gasteiger partial charge in [0.25, 0.3) is 0 Å². The lowest BCUT2D eigenvalue weighted by Gasteiger charge is -2.27. The molecule has 29 heavy (non-hydrogen) atoms. The van der Waals surface area contributed by atoms with E-state index in [2.05, 4.69) is 44.3 Å². The second-order valence-corrected chi connectivity index (χ2v) is 8.40. The molecule has 0 unspecified atom stereocenters. The smallest absolute Gasteiger partial charge is 0.170 e. The van der Waals surface area contributed by atoms with E-state index in [1.165, 1.54) is 37.7 Å². The van der Waals surface area contributed by atoms with Gasteiger partial charge in [-0.1, -0.05) is 25.3 Å². The summed E-state index contributed by atoms with van der Waals surface area (Å²) in [6.07, 6.45) is 14.7. The predicted molar refractivity (Wildman–Crippen MR) is 116 cm³/mol. The predicted octanol–water partition coefficient (Wildman–Crippen LogP) is 5.15. The van der Waals surface area contributed by atoms with E-state index in [0.29, 0.717) is 12.6 Å². The number of nitrogens with zero attached hydrogens (tertiary/aromatic N) is 3. The Labute approximate surface area is 176 Å². The first-order valence-corrected chi connectivity index (χ1v) is 10.9. The fraction of sp³-hybridized carbons (Fsp3) is 0.391. The zero-order valence-electron chi connectivity index (χ0n) is 16.4. The Morgan fingerprint density at radius 1 is 1.10 bits per heavy atom. The van der Waals surface area contributed by atoms with Gasteiger partial charge in [0, 0.05) is 24.6 Å². The van der Waals surface area contributed by atoms with Crippen LogP contribution in [0, 0.1) is 0 Å². The summed E-state index contributed by atoms with van der Waals surface area (Å²) >= 11 is 5.74. The van der Waals surface area contributed by atoms with E-state index in [0.717, 1.165) is 16.6 Å². The molecule has 2 fully saturated rings. The molecule has 150 valence electrons. The Hall–Kier alpha value is -2.60. The van der Waals surface area contributed by atoms with Crippen molar-refractivity contribution in [2.45, 2.75) is 56.8 Å². The van der Waals surface area contributed by atoms with Crippen molar-refractivity contribution < 1.29 is 4.42 Å². The van der Waals surface area contributed by atoms with Crippen LogP contribution in [0.15, 0.2) is 65.7 Å². The summed E-state index contributed by atoms with van der Waals surface area (Å²) in [7, 11) is 0. The van der Waals surface area contributed by atoms with Crippen molar-refractivity contribution in [2.24, 2.45) is 0 Å². The van der Waals surface area contributed by atoms with E-state index in [1.54, 1.807) is 6.26 Å². The summed E-state index contributed by atoms with van der Waals surface area (Å²) < 4.78 is 8.03. The number of pyridine rings is 1. The van der Waals surface area contributed by atoms with Crippen molar-refractivity contribution in [1.29, 1.82) is 0 Å². The number of rotatable bonds is 5. The first-order valence-electron chi connectivity index (χ1n) is 10.5. The van der Waals surface area contributed by atoms with E-state index in [4.69, 9.17) is 16.6 Å². The summed E-state index contributed by atoms with van der Waals surface area (Å²) in [4.78, 5) is 6.85. The average Bonchev–Trinajstić information content (AvgIpc) is 3.51. The molecule has 1 saturated heterocycles. The van der Waals surface area contributed by atoms with Gasteiger partial charge in [-0.25, -0.2) is 0 Å². The summed E-state index contributed by atoms with van der Waals surface area (Å²) in [5, 5.41) is 4.26. The van der Waals surface area contributed by atoms with E-state index in [9.17, 15) is 0 Å². The Morgan fingerprint density at radius 3 is 2.76 bits per heavy atom. The second kappa shape index (κ2) is 8.03. The van der Waals surface area contributed by atoms with Crippen LogP contribution < -0.4 is 5.32 Å². The van der Waals surface area contributed by atoms with Gasteiger partial charge in [-0.15, -0.1) is 0 Å². The molecule has 1 N–H and O–H groups in total. The minimum atomic E-state index is 0.0147. The van der Waals surface area contributed by atoms with Crippen molar-refractivity contribution in [3.8, 4) is 0 Å². The van der Waals surface area contributed by atoms with Crippen molar-refractivity contribution >= 4 is 17.3 Å². The lowest BCUT2D eigenvalue weighted by atomic mass is 9.95. The first kappa shape index (κ1) is 18.4. The zero-order chi connectivity index (χ0) is 19.6. The Balaban J connectivity index is 1.49. The van der Waals surface area contributed by atoms with Crippen LogP contribution in [0.2, 0.25) is 0 Å². The third-order valence-corrected chi connectivity index (χ3v) is 6.53. The number of furan rings is 1. The second-order valence-electron chi connectivity index (χ2n) is 8.02. The van der Waals surface area contributed by atoms with Gasteiger partial charge in [-0.05, 0) is 61.0 Å². The maximum Gasteiger partial charge on any atom is 0.170 e. The van der Waals surface area contributed by atoms with E-state index in [1.807, 2.05) is 30.5 Å². The molecule has 1 saturated carbocycles. The third-order valence-electron chi connectivity index (χ3n) is 6.18. The molecule has 6 heteroatoms. The van der Waals surface area contributed by atoms with Crippen molar-refractivity contribution in [1.82, 2.24) is 19.8 Å². The number of hydrogen-bond acceptors (Lipinski definition) is 3. The molecular weight excluding hydrogens is 380 g/mol. The molecule has 0 spiro atoms. The SMILES string of the molecule is S=C1N[C@@H](c2ccccn2)[C@H](c2ccn(C3CCCCC3)c2)N1Cc1ccco1. The molecule has 5 nitrogen and oxygen atoms in total. The maximum absolute atomic E-state index is 5.74.